The first-order valence-corrected chi connectivity index (χ1v) is 21.2. The Hall–Kier alpha value is -6.00. The highest BCUT2D eigenvalue weighted by atomic mass is 19.3. The van der Waals surface area contributed by atoms with Crippen LogP contribution >= 0.6 is 0 Å². The Kier molecular flexibility index (Phi) is 12.7. The third-order valence-corrected chi connectivity index (χ3v) is 12.3. The first-order valence-electron chi connectivity index (χ1n) is 21.2. The second-order valence-corrected chi connectivity index (χ2v) is 16.6. The summed E-state index contributed by atoms with van der Waals surface area (Å²) in [4.78, 5) is 59.0. The molecule has 5 aromatic rings. The number of carbonyl (C=O) groups excluding carboxylic acids is 3. The molecule has 1 N–H and O–H groups in total. The zero-order chi connectivity index (χ0) is 44.4. The number of nitrogens with zero attached hydrogens (tertiary/aromatic N) is 5. The van der Waals surface area contributed by atoms with Gasteiger partial charge in [0.1, 0.15) is 23.0 Å². The van der Waals surface area contributed by atoms with E-state index < -0.39 is 40.8 Å². The highest BCUT2D eigenvalue weighted by Gasteiger charge is 2.33. The second-order valence-electron chi connectivity index (χ2n) is 16.6. The number of hydrogen-bond acceptors (Lipinski definition) is 7. The second kappa shape index (κ2) is 18.4. The quantitative estimate of drug-likeness (QED) is 0.154. The van der Waals surface area contributed by atoms with Gasteiger partial charge in [-0.2, -0.15) is 5.10 Å². The van der Waals surface area contributed by atoms with Gasteiger partial charge in [0, 0.05) is 76.7 Å². The number of fused-ring (bicyclic) bond motifs is 1. The lowest BCUT2D eigenvalue weighted by Gasteiger charge is -2.38. The predicted octanol–water partition coefficient (Wildman–Crippen LogP) is 6.78. The third kappa shape index (κ3) is 9.81. The highest BCUT2D eigenvalue weighted by Crippen LogP contribution is 2.33. The van der Waals surface area contributed by atoms with Crippen molar-refractivity contribution < 1.29 is 41.1 Å². The molecule has 330 valence electrons. The summed E-state index contributed by atoms with van der Waals surface area (Å²) in [5.41, 5.74) is 0.176. The molecular weight excluding hydrogens is 824 g/mol. The van der Waals surface area contributed by atoms with E-state index in [1.54, 1.807) is 34.1 Å². The molecule has 1 aromatic heterocycles. The van der Waals surface area contributed by atoms with Gasteiger partial charge in [0.15, 0.2) is 0 Å². The molecule has 0 unspecified atom stereocenters. The average molecular weight is 871 g/mol. The maximum atomic E-state index is 15.2. The number of H-pyrrole nitrogens is 1. The normalized spacial score (nSPS) is 17.1. The van der Waals surface area contributed by atoms with E-state index in [4.69, 9.17) is 4.74 Å². The number of alkyl halides is 2. The minimum absolute atomic E-state index is 0.0435. The number of ether oxygens (including phenoxy) is 1. The van der Waals surface area contributed by atoms with Crippen molar-refractivity contribution in [2.75, 3.05) is 58.9 Å². The molecule has 4 heterocycles. The molecule has 63 heavy (non-hydrogen) atoms. The fraction of sp³-hybridized carbons (Fsp3) is 0.383. The molecule has 0 bridgehead atoms. The maximum Gasteiger partial charge on any atom is 0.272 e. The van der Waals surface area contributed by atoms with Crippen molar-refractivity contribution in [3.8, 4) is 11.1 Å². The first kappa shape index (κ1) is 43.6. The zero-order valence-electron chi connectivity index (χ0n) is 34.7. The highest BCUT2D eigenvalue weighted by molar-refractivity contribution is 5.96. The number of piperazine rings is 1. The Balaban J connectivity index is 0.765. The molecule has 3 aliphatic heterocycles. The van der Waals surface area contributed by atoms with Gasteiger partial charge in [-0.05, 0) is 78.8 Å². The molecule has 3 aliphatic rings. The largest absolute Gasteiger partial charge is 0.375 e. The number of aromatic amines is 1. The van der Waals surface area contributed by atoms with Gasteiger partial charge in [-0.3, -0.25) is 24.1 Å². The topological polar surface area (TPSA) is 119 Å². The monoisotopic (exact) mass is 870 g/mol. The van der Waals surface area contributed by atoms with Gasteiger partial charge >= 0.3 is 0 Å². The van der Waals surface area contributed by atoms with Crippen LogP contribution in [0.15, 0.2) is 83.7 Å². The lowest BCUT2D eigenvalue weighted by molar-refractivity contribution is -0.135. The summed E-state index contributed by atoms with van der Waals surface area (Å²) in [6, 6.07) is 18.7. The van der Waals surface area contributed by atoms with Crippen LogP contribution in [0.2, 0.25) is 0 Å². The van der Waals surface area contributed by atoms with Crippen LogP contribution in [-0.2, 0) is 21.9 Å². The summed E-state index contributed by atoms with van der Waals surface area (Å²) in [5, 5.41) is 7.88. The summed E-state index contributed by atoms with van der Waals surface area (Å²) in [5.74, 6) is -7.18. The lowest BCUT2D eigenvalue weighted by Crippen LogP contribution is -2.53. The van der Waals surface area contributed by atoms with Crippen LogP contribution in [0, 0.1) is 17.5 Å². The van der Waals surface area contributed by atoms with Crippen molar-refractivity contribution in [1.29, 1.82) is 0 Å². The van der Waals surface area contributed by atoms with Gasteiger partial charge in [-0.25, -0.2) is 27.1 Å². The fourth-order valence-corrected chi connectivity index (χ4v) is 8.71. The lowest BCUT2D eigenvalue weighted by atomic mass is 9.98. The number of benzene rings is 4. The standard InChI is InChI=1S/C47H47F5N6O5/c1-47(51,52)32-6-4-5-30(25-32)31-26-39(49)43(40(50)27-31)46(62)57-17-13-34(14-18-57)63-33-11-15-55(16-12-33)28-42(59)56-19-21-58(22-20-56)45(61)37-23-29(9-10-38(37)48)24-41-35-7-2-3-8-36(35)44(60)54-53-41/h2-10,23,25-27,33-34H,11-22,24,28H2,1H3,(H,54,60). The molecule has 3 fully saturated rings. The van der Waals surface area contributed by atoms with Crippen molar-refractivity contribution in [1.82, 2.24) is 29.8 Å². The molecule has 8 rings (SSSR count). The van der Waals surface area contributed by atoms with Gasteiger partial charge in [0.25, 0.3) is 23.3 Å². The van der Waals surface area contributed by atoms with E-state index in [-0.39, 0.29) is 85.1 Å². The van der Waals surface area contributed by atoms with Crippen molar-refractivity contribution >= 4 is 28.5 Å². The summed E-state index contributed by atoms with van der Waals surface area (Å²) in [7, 11) is 0. The number of nitrogens with one attached hydrogen (secondary N) is 1. The molecular formula is C47H47F5N6O5. The van der Waals surface area contributed by atoms with E-state index in [1.807, 2.05) is 6.07 Å². The molecule has 0 saturated carbocycles. The predicted molar refractivity (Wildman–Crippen MR) is 225 cm³/mol. The SMILES string of the molecule is CC(F)(F)c1cccc(-c2cc(F)c(C(=O)N3CCC(OC4CCN(CC(=O)N5CCN(C(=O)c6cc(Cc7n[nH]c(=O)c8ccccc78)ccc6F)CC5)CC4)CC3)c(F)c2)c1. The minimum Gasteiger partial charge on any atom is -0.375 e. The smallest absolute Gasteiger partial charge is 0.272 e. The number of likely N-dealkylation sites (tertiary alicyclic amines) is 2. The van der Waals surface area contributed by atoms with Gasteiger partial charge in [-0.15, -0.1) is 0 Å². The Bertz CT molecular complexity index is 2550. The third-order valence-electron chi connectivity index (χ3n) is 12.3. The number of hydrogen-bond donors (Lipinski definition) is 1. The maximum absolute atomic E-state index is 15.2. The molecule has 3 amide bonds. The number of carbonyl (C=O) groups is 3. The van der Waals surface area contributed by atoms with Crippen molar-refractivity contribution in [3.05, 3.63) is 135 Å². The first-order chi connectivity index (χ1) is 30.2. The molecule has 0 aliphatic carbocycles. The van der Waals surface area contributed by atoms with Crippen LogP contribution in [-0.4, -0.2) is 119 Å². The van der Waals surface area contributed by atoms with Crippen LogP contribution in [0.4, 0.5) is 22.0 Å². The summed E-state index contributed by atoms with van der Waals surface area (Å²) >= 11 is 0. The number of aromatic nitrogens is 2. The van der Waals surface area contributed by atoms with Crippen LogP contribution in [0.1, 0.15) is 70.1 Å². The van der Waals surface area contributed by atoms with Crippen LogP contribution in [0.25, 0.3) is 21.9 Å². The Morgan fingerprint density at radius 2 is 1.32 bits per heavy atom. The van der Waals surface area contributed by atoms with Gasteiger partial charge < -0.3 is 19.4 Å². The fourth-order valence-electron chi connectivity index (χ4n) is 8.71. The Morgan fingerprint density at radius 1 is 0.698 bits per heavy atom. The number of amides is 3. The Morgan fingerprint density at radius 3 is 1.98 bits per heavy atom. The van der Waals surface area contributed by atoms with Gasteiger partial charge in [0.05, 0.1) is 35.4 Å². The van der Waals surface area contributed by atoms with Crippen LogP contribution < -0.4 is 5.56 Å². The van der Waals surface area contributed by atoms with E-state index in [0.717, 1.165) is 19.1 Å². The van der Waals surface area contributed by atoms with E-state index in [1.165, 1.54) is 41.3 Å². The van der Waals surface area contributed by atoms with Gasteiger partial charge in [-0.1, -0.05) is 42.5 Å². The van der Waals surface area contributed by atoms with Crippen molar-refractivity contribution in [3.63, 3.8) is 0 Å². The average Bonchev–Trinajstić information content (AvgIpc) is 3.28. The van der Waals surface area contributed by atoms with E-state index in [9.17, 15) is 28.0 Å². The van der Waals surface area contributed by atoms with E-state index in [0.29, 0.717) is 73.9 Å². The molecule has 0 radical (unpaired) electrons. The van der Waals surface area contributed by atoms with Crippen LogP contribution in [0.5, 0.6) is 0 Å². The van der Waals surface area contributed by atoms with E-state index in [2.05, 4.69) is 15.1 Å². The number of halogens is 5. The minimum atomic E-state index is -3.13. The summed E-state index contributed by atoms with van der Waals surface area (Å²) in [6.45, 7) is 3.91. The molecule has 0 spiro atoms. The van der Waals surface area contributed by atoms with Crippen molar-refractivity contribution in [2.24, 2.45) is 0 Å². The molecule has 4 aromatic carbocycles. The molecule has 16 heteroatoms. The van der Waals surface area contributed by atoms with Crippen molar-refractivity contribution in [2.45, 2.75) is 57.2 Å². The Labute approximate surface area is 360 Å². The summed E-state index contributed by atoms with van der Waals surface area (Å²) < 4.78 is 79.6. The summed E-state index contributed by atoms with van der Waals surface area (Å²) in [6.07, 6.45) is 2.48. The van der Waals surface area contributed by atoms with E-state index >= 15 is 13.2 Å². The molecule has 11 nitrogen and oxygen atoms in total. The van der Waals surface area contributed by atoms with Gasteiger partial charge in [0.2, 0.25) is 5.91 Å². The zero-order valence-corrected chi connectivity index (χ0v) is 34.7. The number of piperidine rings is 2. The molecule has 0 atom stereocenters. The molecule has 3 saturated heterocycles. The van der Waals surface area contributed by atoms with Crippen LogP contribution in [0.3, 0.4) is 0 Å². The number of rotatable bonds is 10.